The number of pyridine rings is 1. The molecule has 1 N–H and O–H groups in total. The number of benzene rings is 3. The van der Waals surface area contributed by atoms with Crippen molar-refractivity contribution >= 4 is 55.1 Å². The van der Waals surface area contributed by atoms with Crippen molar-refractivity contribution in [3.05, 3.63) is 101 Å². The van der Waals surface area contributed by atoms with E-state index in [0.29, 0.717) is 10.8 Å². The van der Waals surface area contributed by atoms with Gasteiger partial charge in [-0.05, 0) is 48.2 Å². The monoisotopic (exact) mass is 519 g/mol. The first-order valence-corrected chi connectivity index (χ1v) is 12.9. The van der Waals surface area contributed by atoms with Gasteiger partial charge in [-0.25, -0.2) is 22.5 Å². The lowest BCUT2D eigenvalue weighted by Crippen LogP contribution is -2.32. The van der Waals surface area contributed by atoms with E-state index >= 15 is 0 Å². The summed E-state index contributed by atoms with van der Waals surface area (Å²) < 4.78 is 31.1. The normalized spacial score (nSPS) is 11.8. The van der Waals surface area contributed by atoms with Crippen LogP contribution < -0.4 is 4.31 Å². The number of fused-ring (bicyclic) bond motifs is 2. The summed E-state index contributed by atoms with van der Waals surface area (Å²) in [6, 6.07) is 18.5. The number of sulfonamides is 1. The Hall–Kier alpha value is -3.88. The van der Waals surface area contributed by atoms with Crippen molar-refractivity contribution in [1.82, 2.24) is 9.55 Å². The van der Waals surface area contributed by atoms with Gasteiger partial charge >= 0.3 is 5.97 Å². The van der Waals surface area contributed by atoms with Gasteiger partial charge in [0.05, 0.1) is 22.0 Å². The highest BCUT2D eigenvalue weighted by Crippen LogP contribution is 2.32. The van der Waals surface area contributed by atoms with Crippen molar-refractivity contribution < 1.29 is 18.3 Å². The van der Waals surface area contributed by atoms with Crippen molar-refractivity contribution in [2.24, 2.45) is 7.05 Å². The average molecular weight is 520 g/mol. The maximum atomic E-state index is 14.0. The molecule has 0 spiro atoms. The molecular weight excluding hydrogens is 498 g/mol. The second-order valence-electron chi connectivity index (χ2n) is 8.57. The topological polar surface area (TPSA) is 92.5 Å². The lowest BCUT2D eigenvalue weighted by Gasteiger charge is -2.26. The van der Waals surface area contributed by atoms with Gasteiger partial charge in [0, 0.05) is 41.3 Å². The van der Waals surface area contributed by atoms with Crippen LogP contribution in [0, 0.1) is 6.92 Å². The number of hydrogen-bond donors (Lipinski definition) is 1. The van der Waals surface area contributed by atoms with E-state index in [1.165, 1.54) is 28.6 Å². The third-order valence-electron chi connectivity index (χ3n) is 6.28. The lowest BCUT2D eigenvalue weighted by molar-refractivity contribution is 0.0696. The van der Waals surface area contributed by atoms with Gasteiger partial charge in [-0.15, -0.1) is 0 Å². The SMILES string of the molecule is Cc1c(N(Cc2ccc3c(Cl)cn(C)c3c2)S(=O)(=O)c2ccc(C(=O)O)cc2)ncc2ccccc12. The number of halogens is 1. The first-order chi connectivity index (χ1) is 17.2. The summed E-state index contributed by atoms with van der Waals surface area (Å²) in [6.07, 6.45) is 3.47. The second kappa shape index (κ2) is 8.96. The maximum Gasteiger partial charge on any atom is 0.335 e. The van der Waals surface area contributed by atoms with Crippen LogP contribution in [0.4, 0.5) is 5.82 Å². The van der Waals surface area contributed by atoms with Crippen LogP contribution in [0.3, 0.4) is 0 Å². The summed E-state index contributed by atoms with van der Waals surface area (Å²) in [5, 5.41) is 12.5. The van der Waals surface area contributed by atoms with Crippen LogP contribution in [-0.4, -0.2) is 29.0 Å². The number of carboxylic acids is 1. The van der Waals surface area contributed by atoms with Crippen molar-refractivity contribution in [3.63, 3.8) is 0 Å². The van der Waals surface area contributed by atoms with E-state index in [4.69, 9.17) is 11.6 Å². The summed E-state index contributed by atoms with van der Waals surface area (Å²) >= 11 is 6.32. The molecule has 9 heteroatoms. The molecule has 0 radical (unpaired) electrons. The Morgan fingerprint density at radius 3 is 2.50 bits per heavy atom. The van der Waals surface area contributed by atoms with Crippen LogP contribution in [0.1, 0.15) is 21.5 Å². The van der Waals surface area contributed by atoms with Crippen molar-refractivity contribution in [2.45, 2.75) is 18.4 Å². The van der Waals surface area contributed by atoms with Crippen LogP contribution in [0.5, 0.6) is 0 Å². The molecule has 3 aromatic carbocycles. The lowest BCUT2D eigenvalue weighted by atomic mass is 10.1. The van der Waals surface area contributed by atoms with Gasteiger partial charge in [0.25, 0.3) is 10.0 Å². The molecule has 0 atom stereocenters. The molecule has 0 aliphatic carbocycles. The zero-order chi connectivity index (χ0) is 25.6. The second-order valence-corrected chi connectivity index (χ2v) is 10.8. The number of carboxylic acid groups (broad SMARTS) is 1. The minimum Gasteiger partial charge on any atom is -0.478 e. The van der Waals surface area contributed by atoms with E-state index in [9.17, 15) is 18.3 Å². The standard InChI is InChI=1S/C27H22ClN3O4S/c1-17-22-6-4-3-5-20(22)14-29-26(17)31(36(34,35)21-10-8-19(9-11-21)27(32)33)15-18-7-12-23-24(28)16-30(2)25(23)13-18/h3-14,16H,15H2,1-2H3,(H,32,33). The van der Waals surface area contributed by atoms with Crippen LogP contribution in [0.15, 0.2) is 84.0 Å². The number of rotatable bonds is 6. The summed E-state index contributed by atoms with van der Waals surface area (Å²) in [4.78, 5) is 15.8. The van der Waals surface area contributed by atoms with Gasteiger partial charge in [-0.3, -0.25) is 0 Å². The van der Waals surface area contributed by atoms with E-state index in [1.807, 2.05) is 67.2 Å². The zero-order valence-corrected chi connectivity index (χ0v) is 21.1. The predicted octanol–water partition coefficient (Wildman–Crippen LogP) is 5.78. The van der Waals surface area contributed by atoms with Crippen molar-refractivity contribution in [1.29, 1.82) is 0 Å². The van der Waals surface area contributed by atoms with Gasteiger partial charge in [0.1, 0.15) is 5.82 Å². The number of aromatic nitrogens is 2. The quantitative estimate of drug-likeness (QED) is 0.307. The van der Waals surface area contributed by atoms with Crippen LogP contribution in [-0.2, 0) is 23.6 Å². The first-order valence-electron chi connectivity index (χ1n) is 11.1. The van der Waals surface area contributed by atoms with Crippen LogP contribution in [0.2, 0.25) is 5.02 Å². The number of aromatic carboxylic acids is 1. The molecule has 0 aliphatic heterocycles. The molecule has 2 heterocycles. The molecule has 0 saturated carbocycles. The van der Waals surface area contributed by atoms with Crippen molar-refractivity contribution in [3.8, 4) is 0 Å². The van der Waals surface area contributed by atoms with Gasteiger partial charge in [0.15, 0.2) is 0 Å². The summed E-state index contributed by atoms with van der Waals surface area (Å²) in [6.45, 7) is 1.87. The molecule has 0 fully saturated rings. The molecule has 36 heavy (non-hydrogen) atoms. The highest BCUT2D eigenvalue weighted by molar-refractivity contribution is 7.92. The van der Waals surface area contributed by atoms with E-state index in [1.54, 1.807) is 6.20 Å². The van der Waals surface area contributed by atoms with E-state index in [-0.39, 0.29) is 17.0 Å². The number of carbonyl (C=O) groups is 1. The van der Waals surface area contributed by atoms with E-state index in [2.05, 4.69) is 4.98 Å². The summed E-state index contributed by atoms with van der Waals surface area (Å²) in [7, 11) is -2.22. The summed E-state index contributed by atoms with van der Waals surface area (Å²) in [5.41, 5.74) is 2.36. The van der Waals surface area contributed by atoms with Gasteiger partial charge < -0.3 is 9.67 Å². The fourth-order valence-corrected chi connectivity index (χ4v) is 6.14. The maximum absolute atomic E-state index is 14.0. The molecule has 182 valence electrons. The van der Waals surface area contributed by atoms with Gasteiger partial charge in [-0.2, -0.15) is 0 Å². The minimum atomic E-state index is -4.10. The third kappa shape index (κ3) is 4.08. The molecule has 7 nitrogen and oxygen atoms in total. The number of hydrogen-bond acceptors (Lipinski definition) is 4. The highest BCUT2D eigenvalue weighted by Gasteiger charge is 2.28. The number of anilines is 1. The third-order valence-corrected chi connectivity index (χ3v) is 8.34. The smallest absolute Gasteiger partial charge is 0.335 e. The largest absolute Gasteiger partial charge is 0.478 e. The summed E-state index contributed by atoms with van der Waals surface area (Å²) in [5.74, 6) is -0.821. The molecular formula is C27H22ClN3O4S. The Labute approximate surface area is 213 Å². The Balaban J connectivity index is 1.67. The number of aryl methyl sites for hydroxylation is 2. The number of nitrogens with zero attached hydrogens (tertiary/aromatic N) is 3. The first kappa shape index (κ1) is 23.8. The molecule has 0 saturated heterocycles. The predicted molar refractivity (Wildman–Crippen MR) is 141 cm³/mol. The van der Waals surface area contributed by atoms with Gasteiger partial charge in [-0.1, -0.05) is 48.0 Å². The fraction of sp³-hybridized carbons (Fsp3) is 0.111. The zero-order valence-electron chi connectivity index (χ0n) is 19.5. The van der Waals surface area contributed by atoms with E-state index in [0.717, 1.165) is 32.8 Å². The molecule has 5 aromatic rings. The average Bonchev–Trinajstić information content (AvgIpc) is 3.16. The highest BCUT2D eigenvalue weighted by atomic mass is 35.5. The molecule has 0 unspecified atom stereocenters. The Kier molecular flexibility index (Phi) is 5.94. The molecule has 5 rings (SSSR count). The Morgan fingerprint density at radius 1 is 1.06 bits per heavy atom. The van der Waals surface area contributed by atoms with Crippen molar-refractivity contribution in [2.75, 3.05) is 4.31 Å². The van der Waals surface area contributed by atoms with E-state index < -0.39 is 16.0 Å². The molecule has 2 aromatic heterocycles. The van der Waals surface area contributed by atoms with Crippen LogP contribution in [0.25, 0.3) is 21.7 Å². The Morgan fingerprint density at radius 2 is 1.78 bits per heavy atom. The Bertz CT molecular complexity index is 1750. The molecule has 0 aliphatic rings. The van der Waals surface area contributed by atoms with Gasteiger partial charge in [0.2, 0.25) is 0 Å². The van der Waals surface area contributed by atoms with Crippen LogP contribution >= 0.6 is 11.6 Å². The minimum absolute atomic E-state index is 0.00606. The fourth-order valence-electron chi connectivity index (χ4n) is 4.37. The molecule has 0 bridgehead atoms. The molecule has 0 amide bonds.